The van der Waals surface area contributed by atoms with Gasteiger partial charge in [0, 0.05) is 6.54 Å². The van der Waals surface area contributed by atoms with Crippen molar-refractivity contribution in [2.45, 2.75) is 27.2 Å². The molecule has 0 rings (SSSR count). The summed E-state index contributed by atoms with van der Waals surface area (Å²) < 4.78 is 0. The van der Waals surface area contributed by atoms with Crippen LogP contribution in [0.3, 0.4) is 0 Å². The zero-order chi connectivity index (χ0) is 9.40. The van der Waals surface area contributed by atoms with Gasteiger partial charge in [0.1, 0.15) is 0 Å². The Morgan fingerprint density at radius 2 is 2.17 bits per heavy atom. The maximum absolute atomic E-state index is 11.0. The molecule has 3 heteroatoms. The predicted molar refractivity (Wildman–Crippen MR) is 55.5 cm³/mol. The molecule has 0 bridgehead atoms. The van der Waals surface area contributed by atoms with Gasteiger partial charge in [-0.2, -0.15) is 11.8 Å². The van der Waals surface area contributed by atoms with Crippen LogP contribution >= 0.6 is 11.8 Å². The molecule has 1 N–H and O–H groups in total. The number of hydrogen-bond acceptors (Lipinski definition) is 2. The lowest BCUT2D eigenvalue weighted by Gasteiger charge is -2.04. The molecule has 0 atom stereocenters. The van der Waals surface area contributed by atoms with Gasteiger partial charge in [0.15, 0.2) is 0 Å². The minimum atomic E-state index is 0.159. The Morgan fingerprint density at radius 3 is 2.67 bits per heavy atom. The van der Waals surface area contributed by atoms with Crippen molar-refractivity contribution < 1.29 is 4.79 Å². The molecule has 0 radical (unpaired) electrons. The molecular formula is C9H19NOS. The molecule has 1 amide bonds. The molecule has 0 aliphatic heterocycles. The van der Waals surface area contributed by atoms with E-state index < -0.39 is 0 Å². The van der Waals surface area contributed by atoms with Crippen LogP contribution in [0.2, 0.25) is 0 Å². The molecule has 0 saturated carbocycles. The van der Waals surface area contributed by atoms with E-state index in [0.29, 0.717) is 5.75 Å². The van der Waals surface area contributed by atoms with Crippen LogP contribution in [0.1, 0.15) is 27.2 Å². The molecule has 12 heavy (non-hydrogen) atoms. The van der Waals surface area contributed by atoms with Crippen molar-refractivity contribution in [3.63, 3.8) is 0 Å². The molecule has 0 heterocycles. The topological polar surface area (TPSA) is 29.1 Å². The van der Waals surface area contributed by atoms with Crippen LogP contribution in [-0.2, 0) is 4.79 Å². The molecule has 0 saturated heterocycles. The number of hydrogen-bond donors (Lipinski definition) is 1. The van der Waals surface area contributed by atoms with Crippen molar-refractivity contribution in [1.29, 1.82) is 0 Å². The summed E-state index contributed by atoms with van der Waals surface area (Å²) in [6, 6.07) is 0. The molecule has 0 fully saturated rings. The van der Waals surface area contributed by atoms with E-state index >= 15 is 0 Å². The number of thioether (sulfide) groups is 1. The highest BCUT2D eigenvalue weighted by atomic mass is 32.2. The molecule has 0 spiro atoms. The van der Waals surface area contributed by atoms with E-state index in [-0.39, 0.29) is 5.91 Å². The van der Waals surface area contributed by atoms with Crippen molar-refractivity contribution in [2.24, 2.45) is 5.92 Å². The van der Waals surface area contributed by atoms with Gasteiger partial charge >= 0.3 is 0 Å². The van der Waals surface area contributed by atoms with Gasteiger partial charge in [-0.25, -0.2) is 0 Å². The van der Waals surface area contributed by atoms with Crippen molar-refractivity contribution in [3.05, 3.63) is 0 Å². The molecule has 2 nitrogen and oxygen atoms in total. The summed E-state index contributed by atoms with van der Waals surface area (Å²) in [7, 11) is 0. The minimum absolute atomic E-state index is 0.159. The van der Waals surface area contributed by atoms with Crippen molar-refractivity contribution in [1.82, 2.24) is 5.32 Å². The molecule has 0 aromatic rings. The molecule has 0 aromatic heterocycles. The highest BCUT2D eigenvalue weighted by Gasteiger charge is 1.99. The van der Waals surface area contributed by atoms with Crippen LogP contribution < -0.4 is 5.32 Å². The van der Waals surface area contributed by atoms with E-state index in [1.807, 2.05) is 6.92 Å². The number of rotatable bonds is 6. The Kier molecular flexibility index (Phi) is 7.36. The quantitative estimate of drug-likeness (QED) is 0.647. The molecule has 72 valence electrons. The average Bonchev–Trinajstić information content (AvgIpc) is 1.98. The average molecular weight is 189 g/mol. The van der Waals surface area contributed by atoms with E-state index in [1.54, 1.807) is 11.8 Å². The van der Waals surface area contributed by atoms with E-state index in [2.05, 4.69) is 19.2 Å². The Morgan fingerprint density at radius 1 is 1.50 bits per heavy atom. The van der Waals surface area contributed by atoms with Crippen LogP contribution in [0.15, 0.2) is 0 Å². The van der Waals surface area contributed by atoms with Gasteiger partial charge in [-0.15, -0.1) is 0 Å². The van der Waals surface area contributed by atoms with Gasteiger partial charge in [-0.3, -0.25) is 4.79 Å². The molecule has 0 aliphatic carbocycles. The maximum atomic E-state index is 11.0. The Hall–Kier alpha value is -0.180. The Labute approximate surface area is 79.5 Å². The fourth-order valence-corrected chi connectivity index (χ4v) is 1.80. The number of carbonyl (C=O) groups excluding carboxylic acids is 1. The lowest BCUT2D eigenvalue weighted by Crippen LogP contribution is -2.24. The Balaban J connectivity index is 3.14. The highest BCUT2D eigenvalue weighted by Crippen LogP contribution is 2.07. The van der Waals surface area contributed by atoms with Crippen LogP contribution in [-0.4, -0.2) is 24.0 Å². The van der Waals surface area contributed by atoms with Gasteiger partial charge in [0.2, 0.25) is 5.91 Å². The van der Waals surface area contributed by atoms with E-state index in [4.69, 9.17) is 0 Å². The first-order valence-corrected chi connectivity index (χ1v) is 5.66. The second-order valence-corrected chi connectivity index (χ2v) is 4.29. The van der Waals surface area contributed by atoms with Gasteiger partial charge < -0.3 is 5.32 Å². The van der Waals surface area contributed by atoms with Crippen molar-refractivity contribution in [2.75, 3.05) is 18.1 Å². The SMILES string of the molecule is CCNC(=O)CSCCC(C)C. The monoisotopic (exact) mass is 189 g/mol. The molecular weight excluding hydrogens is 170 g/mol. The maximum Gasteiger partial charge on any atom is 0.229 e. The van der Waals surface area contributed by atoms with Crippen LogP contribution in [0.5, 0.6) is 0 Å². The number of nitrogens with one attached hydrogen (secondary N) is 1. The molecule has 0 aliphatic rings. The van der Waals surface area contributed by atoms with E-state index in [0.717, 1.165) is 18.2 Å². The van der Waals surface area contributed by atoms with Gasteiger partial charge in [0.05, 0.1) is 5.75 Å². The van der Waals surface area contributed by atoms with Gasteiger partial charge in [-0.05, 0) is 25.0 Å². The summed E-state index contributed by atoms with van der Waals surface area (Å²) in [5.41, 5.74) is 0. The van der Waals surface area contributed by atoms with E-state index in [1.165, 1.54) is 6.42 Å². The lowest BCUT2D eigenvalue weighted by atomic mass is 10.2. The van der Waals surface area contributed by atoms with Gasteiger partial charge in [-0.1, -0.05) is 13.8 Å². The summed E-state index contributed by atoms with van der Waals surface area (Å²) >= 11 is 1.72. The third kappa shape index (κ3) is 7.92. The third-order valence-electron chi connectivity index (χ3n) is 1.45. The van der Waals surface area contributed by atoms with Crippen LogP contribution in [0.4, 0.5) is 0 Å². The minimum Gasteiger partial charge on any atom is -0.356 e. The zero-order valence-corrected chi connectivity index (χ0v) is 9.04. The summed E-state index contributed by atoms with van der Waals surface area (Å²) in [4.78, 5) is 11.0. The van der Waals surface area contributed by atoms with Gasteiger partial charge in [0.25, 0.3) is 0 Å². The first kappa shape index (κ1) is 11.8. The fraction of sp³-hybridized carbons (Fsp3) is 0.889. The second kappa shape index (κ2) is 7.47. The predicted octanol–water partition coefficient (Wildman–Crippen LogP) is 1.90. The largest absolute Gasteiger partial charge is 0.356 e. The normalized spacial score (nSPS) is 10.3. The van der Waals surface area contributed by atoms with Crippen LogP contribution in [0.25, 0.3) is 0 Å². The summed E-state index contributed by atoms with van der Waals surface area (Å²) in [6.07, 6.45) is 1.20. The fourth-order valence-electron chi connectivity index (χ4n) is 0.732. The first-order valence-electron chi connectivity index (χ1n) is 4.51. The van der Waals surface area contributed by atoms with Crippen LogP contribution in [0, 0.1) is 5.92 Å². The molecule has 0 unspecified atom stereocenters. The summed E-state index contributed by atoms with van der Waals surface area (Å²) in [5, 5.41) is 2.77. The highest BCUT2D eigenvalue weighted by molar-refractivity contribution is 7.99. The summed E-state index contributed by atoms with van der Waals surface area (Å²) in [6.45, 7) is 7.08. The molecule has 0 aromatic carbocycles. The zero-order valence-electron chi connectivity index (χ0n) is 8.22. The van der Waals surface area contributed by atoms with Crippen molar-refractivity contribution >= 4 is 17.7 Å². The Bertz CT molecular complexity index is 126. The lowest BCUT2D eigenvalue weighted by molar-refractivity contribution is -0.118. The number of carbonyl (C=O) groups is 1. The number of amides is 1. The third-order valence-corrected chi connectivity index (χ3v) is 2.44. The standard InChI is InChI=1S/C9H19NOS/c1-4-10-9(11)7-12-6-5-8(2)3/h8H,4-7H2,1-3H3,(H,10,11). The van der Waals surface area contributed by atoms with Crippen molar-refractivity contribution in [3.8, 4) is 0 Å². The summed E-state index contributed by atoms with van der Waals surface area (Å²) in [5.74, 6) is 2.60. The first-order chi connectivity index (χ1) is 5.66. The van der Waals surface area contributed by atoms with E-state index in [9.17, 15) is 4.79 Å². The second-order valence-electron chi connectivity index (χ2n) is 3.19. The smallest absolute Gasteiger partial charge is 0.229 e.